The van der Waals surface area contributed by atoms with E-state index in [2.05, 4.69) is 59.2 Å². The van der Waals surface area contributed by atoms with E-state index in [0.717, 1.165) is 38.9 Å². The van der Waals surface area contributed by atoms with Crippen molar-refractivity contribution in [2.24, 2.45) is 11.3 Å². The van der Waals surface area contributed by atoms with Crippen molar-refractivity contribution >= 4 is 18.3 Å². The van der Waals surface area contributed by atoms with Crippen LogP contribution in [0.25, 0.3) is 11.1 Å². The van der Waals surface area contributed by atoms with Crippen LogP contribution in [0.3, 0.4) is 0 Å². The van der Waals surface area contributed by atoms with E-state index in [1.807, 2.05) is 6.07 Å². The molecule has 4 heteroatoms. The molecule has 1 aliphatic heterocycles. The van der Waals surface area contributed by atoms with Crippen molar-refractivity contribution in [2.45, 2.75) is 51.4 Å². The van der Waals surface area contributed by atoms with Gasteiger partial charge < -0.3 is 10.6 Å². The molecular formula is C26H35ClN2O. The van der Waals surface area contributed by atoms with Crippen LogP contribution in [0.5, 0.6) is 0 Å². The zero-order valence-electron chi connectivity index (χ0n) is 17.9. The fourth-order valence-electron chi connectivity index (χ4n) is 5.04. The zero-order chi connectivity index (χ0) is 19.9. The van der Waals surface area contributed by atoms with E-state index in [1.54, 1.807) is 0 Å². The number of carbonyl (C=O) groups excluding carboxylic acids is 1. The summed E-state index contributed by atoms with van der Waals surface area (Å²) in [4.78, 5) is 13.3. The van der Waals surface area contributed by atoms with Gasteiger partial charge in [-0.05, 0) is 67.8 Å². The van der Waals surface area contributed by atoms with Gasteiger partial charge in [-0.3, -0.25) is 4.79 Å². The van der Waals surface area contributed by atoms with Crippen LogP contribution in [0.4, 0.5) is 0 Å². The molecule has 0 atom stereocenters. The number of piperidine rings is 1. The first-order valence-corrected chi connectivity index (χ1v) is 11.4. The van der Waals surface area contributed by atoms with Crippen molar-refractivity contribution < 1.29 is 4.79 Å². The number of halogens is 1. The summed E-state index contributed by atoms with van der Waals surface area (Å²) in [6.07, 6.45) is 9.23. The van der Waals surface area contributed by atoms with Gasteiger partial charge in [-0.1, -0.05) is 73.9 Å². The molecule has 0 bridgehead atoms. The van der Waals surface area contributed by atoms with Crippen molar-refractivity contribution in [1.82, 2.24) is 10.6 Å². The molecule has 1 saturated heterocycles. The summed E-state index contributed by atoms with van der Waals surface area (Å²) in [7, 11) is 0. The van der Waals surface area contributed by atoms with Crippen LogP contribution in [0, 0.1) is 11.3 Å². The molecule has 4 rings (SSSR count). The summed E-state index contributed by atoms with van der Waals surface area (Å²) < 4.78 is 0. The van der Waals surface area contributed by atoms with Gasteiger partial charge in [0.1, 0.15) is 0 Å². The maximum Gasteiger partial charge on any atom is 0.226 e. The molecule has 3 nitrogen and oxygen atoms in total. The lowest BCUT2D eigenvalue weighted by molar-refractivity contribution is -0.132. The largest absolute Gasteiger partial charge is 0.355 e. The number of benzene rings is 2. The predicted octanol–water partition coefficient (Wildman–Crippen LogP) is 5.38. The van der Waals surface area contributed by atoms with Crippen LogP contribution in [-0.2, 0) is 11.2 Å². The number of nitrogens with one attached hydrogen (secondary N) is 2. The maximum atomic E-state index is 13.3. The van der Waals surface area contributed by atoms with E-state index in [1.165, 1.54) is 48.8 Å². The molecular weight excluding hydrogens is 392 g/mol. The Labute approximate surface area is 187 Å². The fraction of sp³-hybridized carbons (Fsp3) is 0.500. The molecule has 2 aliphatic rings. The van der Waals surface area contributed by atoms with Crippen LogP contribution in [0.2, 0.25) is 0 Å². The molecule has 2 aromatic carbocycles. The van der Waals surface area contributed by atoms with Gasteiger partial charge in [0.2, 0.25) is 5.91 Å². The van der Waals surface area contributed by atoms with E-state index in [0.29, 0.717) is 5.92 Å². The Bertz CT molecular complexity index is 778. The third-order valence-electron chi connectivity index (χ3n) is 6.92. The van der Waals surface area contributed by atoms with Gasteiger partial charge in [-0.15, -0.1) is 12.4 Å². The first kappa shape index (κ1) is 22.8. The predicted molar refractivity (Wildman–Crippen MR) is 127 cm³/mol. The standard InChI is InChI=1S/C26H34N2O.ClH/c29-25(28-20-22-7-3-1-4-8-22)26(15-17-27-18-16-26)19-21-11-13-24(14-12-21)23-9-5-2-6-10-23;/h2,5-6,9-14,22,27H,1,3-4,7-8,15-20H2,(H,28,29);1H. The third kappa shape index (κ3) is 5.65. The third-order valence-corrected chi connectivity index (χ3v) is 6.92. The average Bonchev–Trinajstić information content (AvgIpc) is 2.80. The van der Waals surface area contributed by atoms with Crippen molar-refractivity contribution in [3.05, 3.63) is 60.2 Å². The van der Waals surface area contributed by atoms with Crippen molar-refractivity contribution in [3.63, 3.8) is 0 Å². The Kier molecular flexibility index (Phi) is 8.35. The van der Waals surface area contributed by atoms with E-state index in [9.17, 15) is 4.79 Å². The second-order valence-corrected chi connectivity index (χ2v) is 8.98. The minimum atomic E-state index is -0.270. The van der Waals surface area contributed by atoms with Gasteiger partial charge in [0, 0.05) is 6.54 Å². The molecule has 1 saturated carbocycles. The molecule has 2 N–H and O–H groups in total. The summed E-state index contributed by atoms with van der Waals surface area (Å²) in [5, 5.41) is 6.79. The summed E-state index contributed by atoms with van der Waals surface area (Å²) in [6, 6.07) is 19.3. The zero-order valence-corrected chi connectivity index (χ0v) is 18.7. The average molecular weight is 427 g/mol. The lowest BCUT2D eigenvalue weighted by Gasteiger charge is -2.37. The van der Waals surface area contributed by atoms with Gasteiger partial charge in [0.25, 0.3) is 0 Å². The van der Waals surface area contributed by atoms with Crippen molar-refractivity contribution in [3.8, 4) is 11.1 Å². The highest BCUT2D eigenvalue weighted by atomic mass is 35.5. The quantitative estimate of drug-likeness (QED) is 0.650. The Hall–Kier alpha value is -1.84. The number of hydrogen-bond donors (Lipinski definition) is 2. The van der Waals surface area contributed by atoms with Crippen LogP contribution >= 0.6 is 12.4 Å². The molecule has 0 unspecified atom stereocenters. The topological polar surface area (TPSA) is 41.1 Å². The highest BCUT2D eigenvalue weighted by molar-refractivity contribution is 5.85. The number of hydrogen-bond acceptors (Lipinski definition) is 2. The highest BCUT2D eigenvalue weighted by Gasteiger charge is 2.39. The smallest absolute Gasteiger partial charge is 0.226 e. The molecule has 1 amide bonds. The van der Waals surface area contributed by atoms with Crippen LogP contribution in [-0.4, -0.2) is 25.5 Å². The molecule has 2 fully saturated rings. The molecule has 30 heavy (non-hydrogen) atoms. The minimum Gasteiger partial charge on any atom is -0.355 e. The van der Waals surface area contributed by atoms with Gasteiger partial charge in [0.15, 0.2) is 0 Å². The van der Waals surface area contributed by atoms with Crippen molar-refractivity contribution in [2.75, 3.05) is 19.6 Å². The SMILES string of the molecule is Cl.O=C(NCC1CCCCC1)C1(Cc2ccc(-c3ccccc3)cc2)CCNCC1. The lowest BCUT2D eigenvalue weighted by Crippen LogP contribution is -2.49. The first-order chi connectivity index (χ1) is 14.3. The summed E-state index contributed by atoms with van der Waals surface area (Å²) in [6.45, 7) is 2.72. The van der Waals surface area contributed by atoms with E-state index in [4.69, 9.17) is 0 Å². The van der Waals surface area contributed by atoms with Crippen LogP contribution in [0.1, 0.15) is 50.5 Å². The van der Waals surface area contributed by atoms with Crippen molar-refractivity contribution in [1.29, 1.82) is 0 Å². The van der Waals surface area contributed by atoms with Crippen LogP contribution < -0.4 is 10.6 Å². The normalized spacial score (nSPS) is 18.9. The second kappa shape index (κ2) is 11.0. The van der Waals surface area contributed by atoms with Crippen LogP contribution in [0.15, 0.2) is 54.6 Å². The van der Waals surface area contributed by atoms with E-state index < -0.39 is 0 Å². The van der Waals surface area contributed by atoms with E-state index >= 15 is 0 Å². The molecule has 2 aromatic rings. The molecule has 162 valence electrons. The first-order valence-electron chi connectivity index (χ1n) is 11.4. The summed E-state index contributed by atoms with van der Waals surface area (Å²) >= 11 is 0. The monoisotopic (exact) mass is 426 g/mol. The van der Waals surface area contributed by atoms with Gasteiger partial charge in [0.05, 0.1) is 5.41 Å². The Morgan fingerprint density at radius 3 is 2.20 bits per heavy atom. The Balaban J connectivity index is 0.00000256. The summed E-state index contributed by atoms with van der Waals surface area (Å²) in [5.74, 6) is 0.952. The molecule has 0 aromatic heterocycles. The Morgan fingerprint density at radius 1 is 0.900 bits per heavy atom. The molecule has 1 aliphatic carbocycles. The summed E-state index contributed by atoms with van der Waals surface area (Å²) in [5.41, 5.74) is 3.46. The fourth-order valence-corrected chi connectivity index (χ4v) is 5.04. The maximum absolute atomic E-state index is 13.3. The highest BCUT2D eigenvalue weighted by Crippen LogP contribution is 2.34. The van der Waals surface area contributed by atoms with Gasteiger partial charge in [-0.25, -0.2) is 0 Å². The number of amides is 1. The number of rotatable bonds is 6. The molecule has 1 heterocycles. The Morgan fingerprint density at radius 2 is 1.53 bits per heavy atom. The van der Waals surface area contributed by atoms with Gasteiger partial charge >= 0.3 is 0 Å². The molecule has 0 spiro atoms. The minimum absolute atomic E-state index is 0. The van der Waals surface area contributed by atoms with Gasteiger partial charge in [-0.2, -0.15) is 0 Å². The molecule has 0 radical (unpaired) electrons. The second-order valence-electron chi connectivity index (χ2n) is 8.98. The number of carbonyl (C=O) groups is 1. The lowest BCUT2D eigenvalue weighted by atomic mass is 9.73. The van der Waals surface area contributed by atoms with E-state index in [-0.39, 0.29) is 23.7 Å².